The summed E-state index contributed by atoms with van der Waals surface area (Å²) in [6, 6.07) is 19.4. The maximum atomic E-state index is 13.6. The lowest BCUT2D eigenvalue weighted by Crippen LogP contribution is -2.47. The van der Waals surface area contributed by atoms with E-state index in [4.69, 9.17) is 9.47 Å². The lowest BCUT2D eigenvalue weighted by Gasteiger charge is -2.36. The van der Waals surface area contributed by atoms with Crippen LogP contribution < -0.4 is 0 Å². The zero-order valence-electron chi connectivity index (χ0n) is 17.2. The van der Waals surface area contributed by atoms with Gasteiger partial charge in [0, 0.05) is 37.7 Å². The minimum Gasteiger partial charge on any atom is -0.347 e. The van der Waals surface area contributed by atoms with Crippen LogP contribution in [-0.2, 0) is 26.0 Å². The van der Waals surface area contributed by atoms with E-state index in [0.29, 0.717) is 51.4 Å². The number of aromatic nitrogens is 2. The standard InChI is InChI=1S/C23H25N3O4S/c27-31(28,26-13-11-23(12-14-26)29-15-16-30-23)21-18-25(17-19-7-3-1-4-8-19)24-22(21)20-9-5-2-6-10-20/h1-10,18H,11-17H2. The Bertz CT molecular complexity index is 1130. The summed E-state index contributed by atoms with van der Waals surface area (Å²) in [5.74, 6) is -0.619. The van der Waals surface area contributed by atoms with E-state index < -0.39 is 15.8 Å². The lowest BCUT2D eigenvalue weighted by atomic mass is 10.1. The summed E-state index contributed by atoms with van der Waals surface area (Å²) in [7, 11) is -3.72. The van der Waals surface area contributed by atoms with Gasteiger partial charge >= 0.3 is 0 Å². The van der Waals surface area contributed by atoms with E-state index in [2.05, 4.69) is 5.10 Å². The molecule has 0 radical (unpaired) electrons. The zero-order chi connectivity index (χ0) is 21.3. The van der Waals surface area contributed by atoms with Crippen LogP contribution in [0.2, 0.25) is 0 Å². The van der Waals surface area contributed by atoms with Gasteiger partial charge in [-0.1, -0.05) is 60.7 Å². The normalized spacial score (nSPS) is 19.1. The molecular formula is C23H25N3O4S. The predicted octanol–water partition coefficient (Wildman–Crippen LogP) is 3.13. The molecule has 7 nitrogen and oxygen atoms in total. The highest BCUT2D eigenvalue weighted by atomic mass is 32.2. The van der Waals surface area contributed by atoms with Crippen molar-refractivity contribution in [2.45, 2.75) is 30.1 Å². The molecule has 0 aliphatic carbocycles. The van der Waals surface area contributed by atoms with Crippen LogP contribution in [0.3, 0.4) is 0 Å². The molecule has 0 atom stereocenters. The van der Waals surface area contributed by atoms with Gasteiger partial charge in [0.05, 0.1) is 19.8 Å². The molecule has 2 aromatic carbocycles. The number of piperidine rings is 1. The molecule has 31 heavy (non-hydrogen) atoms. The Labute approximate surface area is 182 Å². The fourth-order valence-corrected chi connectivity index (χ4v) is 5.83. The van der Waals surface area contributed by atoms with Crippen LogP contribution in [0.25, 0.3) is 11.3 Å². The maximum absolute atomic E-state index is 13.6. The largest absolute Gasteiger partial charge is 0.347 e. The van der Waals surface area contributed by atoms with Gasteiger partial charge in [0.25, 0.3) is 0 Å². The summed E-state index contributed by atoms with van der Waals surface area (Å²) < 4.78 is 42.0. The van der Waals surface area contributed by atoms with Gasteiger partial charge in [-0.3, -0.25) is 4.68 Å². The Balaban J connectivity index is 1.48. The highest BCUT2D eigenvalue weighted by Crippen LogP contribution is 2.35. The second-order valence-electron chi connectivity index (χ2n) is 7.90. The van der Waals surface area contributed by atoms with Crippen molar-refractivity contribution in [2.24, 2.45) is 0 Å². The summed E-state index contributed by atoms with van der Waals surface area (Å²) in [6.45, 7) is 2.36. The Morgan fingerprint density at radius 2 is 1.52 bits per heavy atom. The molecule has 0 N–H and O–H groups in total. The molecule has 2 fully saturated rings. The van der Waals surface area contributed by atoms with Crippen molar-refractivity contribution in [3.63, 3.8) is 0 Å². The first-order valence-corrected chi connectivity index (χ1v) is 11.9. The van der Waals surface area contributed by atoms with E-state index >= 15 is 0 Å². The molecule has 3 aromatic rings. The third-order valence-electron chi connectivity index (χ3n) is 5.88. The van der Waals surface area contributed by atoms with Crippen molar-refractivity contribution >= 4 is 10.0 Å². The summed E-state index contributed by atoms with van der Waals surface area (Å²) in [5, 5.41) is 4.67. The van der Waals surface area contributed by atoms with Crippen LogP contribution in [-0.4, -0.2) is 54.6 Å². The SMILES string of the molecule is O=S(=O)(c1cn(Cc2ccccc2)nc1-c1ccccc1)N1CCC2(CC1)OCCO2. The van der Waals surface area contributed by atoms with Crippen molar-refractivity contribution in [1.29, 1.82) is 0 Å². The first-order chi connectivity index (χ1) is 15.1. The number of benzene rings is 2. The number of sulfonamides is 1. The third-order valence-corrected chi connectivity index (χ3v) is 7.78. The quantitative estimate of drug-likeness (QED) is 0.611. The minimum absolute atomic E-state index is 0.235. The van der Waals surface area contributed by atoms with Crippen molar-refractivity contribution in [1.82, 2.24) is 14.1 Å². The predicted molar refractivity (Wildman–Crippen MR) is 116 cm³/mol. The molecular weight excluding hydrogens is 414 g/mol. The van der Waals surface area contributed by atoms with E-state index in [1.165, 1.54) is 4.31 Å². The Kier molecular flexibility index (Phi) is 5.39. The first-order valence-electron chi connectivity index (χ1n) is 10.5. The fourth-order valence-electron chi connectivity index (χ4n) is 4.23. The van der Waals surface area contributed by atoms with Crippen molar-refractivity contribution < 1.29 is 17.9 Å². The van der Waals surface area contributed by atoms with E-state index in [-0.39, 0.29) is 4.90 Å². The lowest BCUT2D eigenvalue weighted by molar-refractivity contribution is -0.179. The summed E-state index contributed by atoms with van der Waals surface area (Å²) in [4.78, 5) is 0.235. The zero-order valence-corrected chi connectivity index (χ0v) is 18.0. The molecule has 2 aliphatic rings. The first kappa shape index (κ1) is 20.4. The van der Waals surface area contributed by atoms with E-state index in [0.717, 1.165) is 11.1 Å². The van der Waals surface area contributed by atoms with Gasteiger partial charge in [0.1, 0.15) is 10.6 Å². The average molecular weight is 440 g/mol. The molecule has 0 amide bonds. The Morgan fingerprint density at radius 1 is 0.903 bits per heavy atom. The number of rotatable bonds is 5. The fraction of sp³-hybridized carbons (Fsp3) is 0.348. The minimum atomic E-state index is -3.72. The van der Waals surface area contributed by atoms with Crippen molar-refractivity contribution in [3.8, 4) is 11.3 Å². The maximum Gasteiger partial charge on any atom is 0.246 e. The Morgan fingerprint density at radius 3 is 2.16 bits per heavy atom. The topological polar surface area (TPSA) is 73.7 Å². The van der Waals surface area contributed by atoms with Crippen LogP contribution in [0.4, 0.5) is 0 Å². The summed E-state index contributed by atoms with van der Waals surface area (Å²) in [5.41, 5.74) is 2.32. The van der Waals surface area contributed by atoms with Gasteiger partial charge in [-0.2, -0.15) is 9.40 Å². The molecule has 8 heteroatoms. The molecule has 162 valence electrons. The molecule has 1 aromatic heterocycles. The van der Waals surface area contributed by atoms with Gasteiger partial charge in [0.15, 0.2) is 5.79 Å². The van der Waals surface area contributed by atoms with E-state index in [9.17, 15) is 8.42 Å². The van der Waals surface area contributed by atoms with Crippen LogP contribution in [0, 0.1) is 0 Å². The van der Waals surface area contributed by atoms with Crippen LogP contribution >= 0.6 is 0 Å². The number of ether oxygens (including phenoxy) is 2. The van der Waals surface area contributed by atoms with E-state index in [1.807, 2.05) is 60.7 Å². The number of hydrogen-bond donors (Lipinski definition) is 0. The van der Waals surface area contributed by atoms with Crippen LogP contribution in [0.15, 0.2) is 71.8 Å². The average Bonchev–Trinajstić information content (AvgIpc) is 3.43. The smallest absolute Gasteiger partial charge is 0.246 e. The van der Waals surface area contributed by atoms with Gasteiger partial charge in [-0.05, 0) is 5.56 Å². The monoisotopic (exact) mass is 439 g/mol. The molecule has 0 unspecified atom stereocenters. The second-order valence-corrected chi connectivity index (χ2v) is 9.81. The van der Waals surface area contributed by atoms with Gasteiger partial charge in [-0.15, -0.1) is 0 Å². The molecule has 2 aliphatic heterocycles. The second kappa shape index (κ2) is 8.20. The number of nitrogens with zero attached hydrogens (tertiary/aromatic N) is 3. The van der Waals surface area contributed by atoms with Crippen molar-refractivity contribution in [2.75, 3.05) is 26.3 Å². The highest BCUT2D eigenvalue weighted by Gasteiger charge is 2.43. The molecule has 3 heterocycles. The van der Waals surface area contributed by atoms with Gasteiger partial charge in [-0.25, -0.2) is 8.42 Å². The highest BCUT2D eigenvalue weighted by molar-refractivity contribution is 7.89. The Hall–Kier alpha value is -2.52. The van der Waals surface area contributed by atoms with Crippen LogP contribution in [0.1, 0.15) is 18.4 Å². The van der Waals surface area contributed by atoms with Gasteiger partial charge < -0.3 is 9.47 Å². The third kappa shape index (κ3) is 4.04. The molecule has 0 saturated carbocycles. The molecule has 5 rings (SSSR count). The number of hydrogen-bond acceptors (Lipinski definition) is 5. The molecule has 2 saturated heterocycles. The summed E-state index contributed by atoms with van der Waals surface area (Å²) >= 11 is 0. The van der Waals surface area contributed by atoms with Crippen molar-refractivity contribution in [3.05, 3.63) is 72.4 Å². The van der Waals surface area contributed by atoms with Gasteiger partial charge in [0.2, 0.25) is 10.0 Å². The summed E-state index contributed by atoms with van der Waals surface area (Å²) in [6.07, 6.45) is 2.72. The van der Waals surface area contributed by atoms with Crippen LogP contribution in [0.5, 0.6) is 0 Å². The molecule has 1 spiro atoms. The van der Waals surface area contributed by atoms with E-state index in [1.54, 1.807) is 10.9 Å². The molecule has 0 bridgehead atoms.